The van der Waals surface area contributed by atoms with Crippen LogP contribution in [0.5, 0.6) is 0 Å². The Labute approximate surface area is 61.8 Å². The Morgan fingerprint density at radius 3 is 2.00 bits per heavy atom. The minimum Gasteiger partial charge on any atom is -0.398 e. The second-order valence-corrected chi connectivity index (χ2v) is 2.53. The molecule has 1 aliphatic heterocycles. The first-order valence-electron chi connectivity index (χ1n) is 3.14. The van der Waals surface area contributed by atoms with E-state index in [9.17, 15) is 5.11 Å². The van der Waals surface area contributed by atoms with Crippen LogP contribution in [-0.4, -0.2) is 56.2 Å². The molecule has 10 heavy (non-hydrogen) atoms. The summed E-state index contributed by atoms with van der Waals surface area (Å²) >= 11 is 0. The highest BCUT2D eigenvalue weighted by molar-refractivity contribution is 5.98. The van der Waals surface area contributed by atoms with Crippen molar-refractivity contribution in [3.63, 3.8) is 0 Å². The van der Waals surface area contributed by atoms with Gasteiger partial charge in [0.05, 0.1) is 0 Å². The Kier molecular flexibility index (Phi) is 2.01. The molecule has 5 heteroatoms. The van der Waals surface area contributed by atoms with Crippen LogP contribution in [-0.2, 0) is 4.65 Å². The van der Waals surface area contributed by atoms with Crippen molar-refractivity contribution < 1.29 is 9.76 Å². The van der Waals surface area contributed by atoms with Gasteiger partial charge in [0.2, 0.25) is 0 Å². The van der Waals surface area contributed by atoms with E-state index in [-0.39, 0.29) is 0 Å². The predicted octanol–water partition coefficient (Wildman–Crippen LogP) is -1.43. The number of rotatable bonds is 1. The lowest BCUT2D eigenvalue weighted by molar-refractivity contribution is -0.286. The van der Waals surface area contributed by atoms with Gasteiger partial charge in [-0.15, -0.1) is 0 Å². The second-order valence-electron chi connectivity index (χ2n) is 2.53. The molecule has 0 aromatic carbocycles. The highest BCUT2D eigenvalue weighted by Gasteiger charge is 2.41. The topological polar surface area (TPSA) is 35.9 Å². The van der Waals surface area contributed by atoms with E-state index in [1.54, 1.807) is 23.9 Å². The van der Waals surface area contributed by atoms with Gasteiger partial charge in [-0.3, -0.25) is 0 Å². The highest BCUT2D eigenvalue weighted by atomic mass is 16.6. The second kappa shape index (κ2) is 2.50. The summed E-state index contributed by atoms with van der Waals surface area (Å²) in [5.74, 6) is 0. The molecule has 1 N–H and O–H groups in total. The van der Waals surface area contributed by atoms with Crippen molar-refractivity contribution in [3.05, 3.63) is 0 Å². The third-order valence-electron chi connectivity index (χ3n) is 1.92. The van der Waals surface area contributed by atoms with Gasteiger partial charge in [0.15, 0.2) is 0 Å². The average molecular weight is 142 g/mol. The first kappa shape index (κ1) is 8.01. The molecule has 0 aromatic heterocycles. The maximum Gasteiger partial charge on any atom is 0.290 e. The number of likely N-dealkylation sites (N-methyl/N-ethyl adjacent to an activating group) is 2. The van der Waals surface area contributed by atoms with Gasteiger partial charge < -0.3 is 9.76 Å². The van der Waals surface area contributed by atoms with Gasteiger partial charge in [-0.25, -0.2) is 9.80 Å². The number of nitrogens with zero attached hydrogens (tertiary/aromatic N) is 2. The van der Waals surface area contributed by atoms with Crippen LogP contribution in [0.3, 0.4) is 0 Å². The third-order valence-corrected chi connectivity index (χ3v) is 1.92. The molecule has 0 aromatic rings. The molecular weight excluding hydrogens is 131 g/mol. The third kappa shape index (κ3) is 0.951. The lowest BCUT2D eigenvalue weighted by Gasteiger charge is -2.33. The van der Waals surface area contributed by atoms with Gasteiger partial charge in [0.25, 0.3) is 14.1 Å². The molecule has 1 saturated heterocycles. The van der Waals surface area contributed by atoms with E-state index in [1.807, 2.05) is 0 Å². The fourth-order valence-electron chi connectivity index (χ4n) is 1.06. The molecular formula is C5H11BN2O2. The van der Waals surface area contributed by atoms with Crippen molar-refractivity contribution in [1.29, 1.82) is 0 Å². The quantitative estimate of drug-likeness (QED) is 0.359. The fraction of sp³-hybridized carbons (Fsp3) is 1.00. The van der Waals surface area contributed by atoms with E-state index < -0.39 is 6.03 Å². The zero-order valence-electron chi connectivity index (χ0n) is 6.24. The molecule has 1 fully saturated rings. The van der Waals surface area contributed by atoms with E-state index in [0.29, 0.717) is 0 Å². The van der Waals surface area contributed by atoms with Crippen molar-refractivity contribution in [3.8, 4) is 0 Å². The van der Waals surface area contributed by atoms with Crippen LogP contribution in [0.15, 0.2) is 0 Å². The van der Waals surface area contributed by atoms with Crippen LogP contribution in [0.4, 0.5) is 0 Å². The number of hydrogen-bond donors (Lipinski definition) is 1. The summed E-state index contributed by atoms with van der Waals surface area (Å²) in [4.78, 5) is 3.26. The Bertz CT molecular complexity index is 123. The normalized spacial score (nSPS) is 27.5. The molecule has 1 aliphatic rings. The summed E-state index contributed by atoms with van der Waals surface area (Å²) in [6.07, 6.45) is 0. The molecule has 0 amide bonds. The van der Waals surface area contributed by atoms with Crippen molar-refractivity contribution in [2.75, 3.05) is 27.2 Å². The maximum absolute atomic E-state index is 9.54. The molecule has 0 spiro atoms. The first-order valence-corrected chi connectivity index (χ1v) is 3.14. The fourth-order valence-corrected chi connectivity index (χ4v) is 1.06. The molecule has 0 aliphatic carbocycles. The summed E-state index contributed by atoms with van der Waals surface area (Å²) in [7, 11) is 8.41. The summed E-state index contributed by atoms with van der Waals surface area (Å²) in [6, 6.07) is -1.40. The first-order chi connectivity index (χ1) is 4.61. The number of aliphatic hydroxyl groups is 1. The molecule has 1 rings (SSSR count). The van der Waals surface area contributed by atoms with Crippen molar-refractivity contribution in [1.82, 2.24) is 9.80 Å². The van der Waals surface area contributed by atoms with Crippen LogP contribution in [0.1, 0.15) is 0 Å². The van der Waals surface area contributed by atoms with Crippen LogP contribution in [0.2, 0.25) is 0 Å². The molecule has 0 unspecified atom stereocenters. The molecule has 56 valence electrons. The SMILES string of the molecule is [B]OC1(O)N(C)CCN1C. The van der Waals surface area contributed by atoms with Gasteiger partial charge in [0.1, 0.15) is 0 Å². The van der Waals surface area contributed by atoms with Gasteiger partial charge in [-0.05, 0) is 14.1 Å². The summed E-state index contributed by atoms with van der Waals surface area (Å²) in [6.45, 7) is 1.51. The van der Waals surface area contributed by atoms with Gasteiger partial charge in [0, 0.05) is 13.1 Å². The Morgan fingerprint density at radius 1 is 1.40 bits per heavy atom. The summed E-state index contributed by atoms with van der Waals surface area (Å²) < 4.78 is 4.43. The monoisotopic (exact) mass is 142 g/mol. The molecule has 0 saturated carbocycles. The van der Waals surface area contributed by atoms with Crippen molar-refractivity contribution in [2.45, 2.75) is 6.03 Å². The molecule has 0 atom stereocenters. The summed E-state index contributed by atoms with van der Waals surface area (Å²) in [5.41, 5.74) is 0. The van der Waals surface area contributed by atoms with E-state index in [2.05, 4.69) is 4.65 Å². The Morgan fingerprint density at radius 2 is 1.80 bits per heavy atom. The Balaban J connectivity index is 2.70. The largest absolute Gasteiger partial charge is 0.398 e. The standard InChI is InChI=1S/C5H11BN2O2/c1-7-3-4-8(2)5(7,9)10-6/h9H,3-4H2,1-2H3. The Hall–Kier alpha value is -0.0951. The molecule has 2 radical (unpaired) electrons. The summed E-state index contributed by atoms with van der Waals surface area (Å²) in [5, 5.41) is 9.54. The van der Waals surface area contributed by atoms with E-state index in [0.717, 1.165) is 13.1 Å². The minimum atomic E-state index is -1.40. The lowest BCUT2D eigenvalue weighted by Crippen LogP contribution is -2.52. The maximum atomic E-state index is 9.54. The van der Waals surface area contributed by atoms with Crippen LogP contribution in [0.25, 0.3) is 0 Å². The van der Waals surface area contributed by atoms with Crippen LogP contribution >= 0.6 is 0 Å². The number of hydrogen-bond acceptors (Lipinski definition) is 4. The molecule has 4 nitrogen and oxygen atoms in total. The predicted molar refractivity (Wildman–Crippen MR) is 37.0 cm³/mol. The smallest absolute Gasteiger partial charge is 0.290 e. The van der Waals surface area contributed by atoms with Gasteiger partial charge in [-0.2, -0.15) is 0 Å². The van der Waals surface area contributed by atoms with E-state index in [4.69, 9.17) is 8.05 Å². The van der Waals surface area contributed by atoms with Gasteiger partial charge in [-0.1, -0.05) is 0 Å². The minimum absolute atomic E-state index is 0.754. The van der Waals surface area contributed by atoms with Crippen molar-refractivity contribution in [2.24, 2.45) is 0 Å². The zero-order chi connectivity index (χ0) is 7.78. The van der Waals surface area contributed by atoms with E-state index >= 15 is 0 Å². The lowest BCUT2D eigenvalue weighted by atomic mass is 10.5. The zero-order valence-corrected chi connectivity index (χ0v) is 6.24. The van der Waals surface area contributed by atoms with Gasteiger partial charge >= 0.3 is 0 Å². The van der Waals surface area contributed by atoms with E-state index in [1.165, 1.54) is 0 Å². The molecule has 0 bridgehead atoms. The molecule has 1 heterocycles. The highest BCUT2D eigenvalue weighted by Crippen LogP contribution is 2.19. The van der Waals surface area contributed by atoms with Crippen molar-refractivity contribution >= 4 is 8.05 Å². The van der Waals surface area contributed by atoms with Crippen LogP contribution in [0, 0.1) is 0 Å². The average Bonchev–Trinajstić information content (AvgIpc) is 2.18. The van der Waals surface area contributed by atoms with Crippen LogP contribution < -0.4 is 0 Å².